The third kappa shape index (κ3) is 4.84. The molecule has 1 N–H and O–H groups in total. The molecule has 1 aromatic carbocycles. The first-order valence-corrected chi connectivity index (χ1v) is 8.39. The van der Waals surface area contributed by atoms with E-state index in [0.717, 1.165) is 24.5 Å². The number of carbonyl (C=O) groups is 1. The first-order chi connectivity index (χ1) is 11.9. The molecule has 1 aromatic heterocycles. The summed E-state index contributed by atoms with van der Waals surface area (Å²) in [5, 5.41) is 6.43. The Morgan fingerprint density at radius 3 is 2.60 bits per heavy atom. The zero-order chi connectivity index (χ0) is 17.9. The molecule has 1 aliphatic rings. The van der Waals surface area contributed by atoms with Crippen molar-refractivity contribution < 1.29 is 18.0 Å². The largest absolute Gasteiger partial charge is 0.435 e. The lowest BCUT2D eigenvalue weighted by molar-refractivity contribution is -0.141. The maximum Gasteiger partial charge on any atom is 0.435 e. The summed E-state index contributed by atoms with van der Waals surface area (Å²) in [6.45, 7) is 0.519. The van der Waals surface area contributed by atoms with Crippen LogP contribution in [0.5, 0.6) is 0 Å². The van der Waals surface area contributed by atoms with E-state index in [1.165, 1.54) is 4.68 Å². The van der Waals surface area contributed by atoms with Crippen LogP contribution >= 0.6 is 0 Å². The molecule has 0 aliphatic heterocycles. The van der Waals surface area contributed by atoms with Crippen LogP contribution in [0.15, 0.2) is 36.4 Å². The van der Waals surface area contributed by atoms with Gasteiger partial charge in [0.15, 0.2) is 5.69 Å². The molecule has 1 fully saturated rings. The Labute approximate surface area is 144 Å². The van der Waals surface area contributed by atoms with Gasteiger partial charge in [0.05, 0.1) is 6.54 Å². The number of aromatic nitrogens is 2. The van der Waals surface area contributed by atoms with Crippen LogP contribution in [0.25, 0.3) is 0 Å². The van der Waals surface area contributed by atoms with Gasteiger partial charge >= 0.3 is 6.18 Å². The van der Waals surface area contributed by atoms with Gasteiger partial charge in [-0.25, -0.2) is 0 Å². The number of hydrogen-bond donors (Lipinski definition) is 1. The molecule has 0 atom stereocenters. The third-order valence-electron chi connectivity index (χ3n) is 4.23. The Hall–Kier alpha value is -2.31. The number of amides is 1. The molecule has 25 heavy (non-hydrogen) atoms. The fourth-order valence-electron chi connectivity index (χ4n) is 2.75. The standard InChI is InChI=1S/C18H20F3N3O/c19-18(20,21)16-12-15(14-7-8-14)24(23-16)11-10-22-17(25)9-6-13-4-2-1-3-5-13/h1-5,12,14H,6-11H2,(H,22,25). The number of carbonyl (C=O) groups excluding carboxylic acids is 1. The van der Waals surface area contributed by atoms with Crippen molar-refractivity contribution in [3.63, 3.8) is 0 Å². The van der Waals surface area contributed by atoms with Crippen molar-refractivity contribution in [1.82, 2.24) is 15.1 Å². The molecular formula is C18H20F3N3O. The highest BCUT2D eigenvalue weighted by Crippen LogP contribution is 2.42. The van der Waals surface area contributed by atoms with Crippen LogP contribution in [0.3, 0.4) is 0 Å². The second-order valence-electron chi connectivity index (χ2n) is 6.29. The summed E-state index contributed by atoms with van der Waals surface area (Å²) in [6, 6.07) is 10.8. The van der Waals surface area contributed by atoms with Gasteiger partial charge in [-0.2, -0.15) is 18.3 Å². The molecule has 3 rings (SSSR count). The molecule has 0 unspecified atom stereocenters. The van der Waals surface area contributed by atoms with E-state index in [0.29, 0.717) is 18.5 Å². The summed E-state index contributed by atoms with van der Waals surface area (Å²) >= 11 is 0. The summed E-state index contributed by atoms with van der Waals surface area (Å²) in [6.07, 6.45) is -1.65. The van der Waals surface area contributed by atoms with E-state index in [9.17, 15) is 18.0 Å². The number of benzene rings is 1. The molecule has 0 radical (unpaired) electrons. The van der Waals surface area contributed by atoms with E-state index >= 15 is 0 Å². The van der Waals surface area contributed by atoms with Crippen molar-refractivity contribution in [3.8, 4) is 0 Å². The summed E-state index contributed by atoms with van der Waals surface area (Å²) in [5.74, 6) is 0.0532. The zero-order valence-corrected chi connectivity index (χ0v) is 13.7. The number of nitrogens with zero attached hydrogens (tertiary/aromatic N) is 2. The Bertz CT molecular complexity index is 721. The van der Waals surface area contributed by atoms with Gasteiger partial charge in [0.2, 0.25) is 5.91 Å². The van der Waals surface area contributed by atoms with E-state index in [-0.39, 0.29) is 24.9 Å². The fraction of sp³-hybridized carbons (Fsp3) is 0.444. The molecule has 1 heterocycles. The molecule has 1 saturated carbocycles. The fourth-order valence-corrected chi connectivity index (χ4v) is 2.75. The summed E-state index contributed by atoms with van der Waals surface area (Å²) in [7, 11) is 0. The quantitative estimate of drug-likeness (QED) is 0.830. The van der Waals surface area contributed by atoms with Crippen molar-refractivity contribution >= 4 is 5.91 Å². The van der Waals surface area contributed by atoms with Crippen LogP contribution in [-0.2, 0) is 23.9 Å². The lowest BCUT2D eigenvalue weighted by Crippen LogP contribution is -2.28. The highest BCUT2D eigenvalue weighted by Gasteiger charge is 2.37. The Balaban J connectivity index is 1.50. The van der Waals surface area contributed by atoms with Gasteiger partial charge in [-0.05, 0) is 30.9 Å². The SMILES string of the molecule is O=C(CCc1ccccc1)NCCn1nc(C(F)(F)F)cc1C1CC1. The Kier molecular flexibility index (Phi) is 5.11. The average molecular weight is 351 g/mol. The topological polar surface area (TPSA) is 46.9 Å². The van der Waals surface area contributed by atoms with Crippen LogP contribution in [0.4, 0.5) is 13.2 Å². The third-order valence-corrected chi connectivity index (χ3v) is 4.23. The molecule has 0 saturated heterocycles. The van der Waals surface area contributed by atoms with Crippen LogP contribution in [-0.4, -0.2) is 22.2 Å². The molecule has 134 valence electrons. The monoisotopic (exact) mass is 351 g/mol. The lowest BCUT2D eigenvalue weighted by atomic mass is 10.1. The Morgan fingerprint density at radius 2 is 1.96 bits per heavy atom. The predicted octanol–water partition coefficient (Wildman–Crippen LogP) is 3.53. The molecule has 1 amide bonds. The maximum absolute atomic E-state index is 12.8. The minimum atomic E-state index is -4.44. The minimum Gasteiger partial charge on any atom is -0.354 e. The molecule has 1 aliphatic carbocycles. The van der Waals surface area contributed by atoms with Gasteiger partial charge in [-0.1, -0.05) is 30.3 Å². The number of alkyl halides is 3. The molecule has 2 aromatic rings. The average Bonchev–Trinajstić information content (AvgIpc) is 3.33. The van der Waals surface area contributed by atoms with Crippen LogP contribution in [0, 0.1) is 0 Å². The predicted molar refractivity (Wildman–Crippen MR) is 87.0 cm³/mol. The van der Waals surface area contributed by atoms with Crippen LogP contribution in [0.2, 0.25) is 0 Å². The first kappa shape index (κ1) is 17.5. The molecule has 7 heteroatoms. The van der Waals surface area contributed by atoms with E-state index in [4.69, 9.17) is 0 Å². The van der Waals surface area contributed by atoms with Gasteiger partial charge in [0.25, 0.3) is 0 Å². The summed E-state index contributed by atoms with van der Waals surface area (Å²) < 4.78 is 39.9. The van der Waals surface area contributed by atoms with Gasteiger partial charge in [0, 0.05) is 24.6 Å². The second-order valence-corrected chi connectivity index (χ2v) is 6.29. The number of halogens is 3. The maximum atomic E-state index is 12.8. The zero-order valence-electron chi connectivity index (χ0n) is 13.7. The molecule has 0 spiro atoms. The second kappa shape index (κ2) is 7.29. The van der Waals surface area contributed by atoms with Gasteiger partial charge in [-0.15, -0.1) is 0 Å². The smallest absolute Gasteiger partial charge is 0.354 e. The molecular weight excluding hydrogens is 331 g/mol. The van der Waals surface area contributed by atoms with Crippen molar-refractivity contribution in [1.29, 1.82) is 0 Å². The van der Waals surface area contributed by atoms with E-state index < -0.39 is 11.9 Å². The molecule has 4 nitrogen and oxygen atoms in total. The number of nitrogens with one attached hydrogen (secondary N) is 1. The van der Waals surface area contributed by atoms with E-state index in [1.807, 2.05) is 30.3 Å². The van der Waals surface area contributed by atoms with Crippen molar-refractivity contribution in [2.75, 3.05) is 6.54 Å². The van der Waals surface area contributed by atoms with Gasteiger partial charge < -0.3 is 5.32 Å². The van der Waals surface area contributed by atoms with Gasteiger partial charge in [0.1, 0.15) is 0 Å². The lowest BCUT2D eigenvalue weighted by Gasteiger charge is -2.08. The van der Waals surface area contributed by atoms with Crippen molar-refractivity contribution in [3.05, 3.63) is 53.3 Å². The van der Waals surface area contributed by atoms with E-state index in [1.54, 1.807) is 0 Å². The summed E-state index contributed by atoms with van der Waals surface area (Å²) in [4.78, 5) is 11.9. The highest BCUT2D eigenvalue weighted by molar-refractivity contribution is 5.76. The van der Waals surface area contributed by atoms with Crippen LogP contribution in [0.1, 0.15) is 42.1 Å². The number of hydrogen-bond acceptors (Lipinski definition) is 2. The van der Waals surface area contributed by atoms with Crippen molar-refractivity contribution in [2.24, 2.45) is 0 Å². The van der Waals surface area contributed by atoms with E-state index in [2.05, 4.69) is 10.4 Å². The van der Waals surface area contributed by atoms with Crippen LogP contribution < -0.4 is 5.32 Å². The highest BCUT2D eigenvalue weighted by atomic mass is 19.4. The Morgan fingerprint density at radius 1 is 1.24 bits per heavy atom. The van der Waals surface area contributed by atoms with Crippen molar-refractivity contribution in [2.45, 2.75) is 44.3 Å². The molecule has 0 bridgehead atoms. The number of rotatable bonds is 7. The minimum absolute atomic E-state index is 0.111. The normalized spacial score (nSPS) is 14.5. The number of aryl methyl sites for hydroxylation is 1. The first-order valence-electron chi connectivity index (χ1n) is 8.39. The summed E-state index contributed by atoms with van der Waals surface area (Å²) in [5.41, 5.74) is 0.839. The van der Waals surface area contributed by atoms with Gasteiger partial charge in [-0.3, -0.25) is 9.48 Å².